The summed E-state index contributed by atoms with van der Waals surface area (Å²) in [5.41, 5.74) is 9.79. The van der Waals surface area contributed by atoms with Crippen LogP contribution in [0, 0.1) is 5.92 Å². The zero-order chi connectivity index (χ0) is 22.7. The van der Waals surface area contributed by atoms with Crippen molar-refractivity contribution >= 4 is 21.5 Å². The van der Waals surface area contributed by atoms with Gasteiger partial charge in [0.05, 0.1) is 0 Å². The van der Waals surface area contributed by atoms with E-state index in [4.69, 9.17) is 0 Å². The number of rotatable bonds is 3. The van der Waals surface area contributed by atoms with E-state index in [9.17, 15) is 0 Å². The lowest BCUT2D eigenvalue weighted by molar-refractivity contribution is 0.637. The molecule has 0 N–H and O–H groups in total. The molecule has 0 aromatic heterocycles. The molecule has 33 heavy (non-hydrogen) atoms. The largest absolute Gasteiger partial charge is 0.0625 e. The van der Waals surface area contributed by atoms with Crippen molar-refractivity contribution in [3.63, 3.8) is 0 Å². The highest BCUT2D eigenvalue weighted by atomic mass is 14.4. The third kappa shape index (κ3) is 3.12. The lowest BCUT2D eigenvalue weighted by atomic mass is 9.80. The minimum atomic E-state index is -0.00590. The Bertz CT molecular complexity index is 1480. The van der Waals surface area contributed by atoms with E-state index in [0.29, 0.717) is 5.92 Å². The average Bonchev–Trinajstić information content (AvgIpc) is 3.03. The average molecular weight is 427 g/mol. The molecule has 1 aliphatic carbocycles. The first-order valence-electron chi connectivity index (χ1n) is 12.1. The monoisotopic (exact) mass is 426 g/mol. The van der Waals surface area contributed by atoms with Gasteiger partial charge in [0, 0.05) is 5.41 Å². The first-order chi connectivity index (χ1) is 15.9. The highest BCUT2D eigenvalue weighted by Gasteiger charge is 2.35. The SMILES string of the molecule is CC(C)Cc1ccc2c(c1)C(C)(C)c1cc(-c3c4ccccc4cc4ccccc34)ccc1-2. The fourth-order valence-corrected chi connectivity index (χ4v) is 5.86. The zero-order valence-electron chi connectivity index (χ0n) is 19.9. The van der Waals surface area contributed by atoms with Gasteiger partial charge in [-0.3, -0.25) is 0 Å². The summed E-state index contributed by atoms with van der Waals surface area (Å²) in [5.74, 6) is 0.668. The van der Waals surface area contributed by atoms with Gasteiger partial charge in [0.1, 0.15) is 0 Å². The minimum absolute atomic E-state index is 0.00590. The Kier molecular flexibility index (Phi) is 4.49. The van der Waals surface area contributed by atoms with Gasteiger partial charge in [-0.05, 0) is 85.0 Å². The highest BCUT2D eigenvalue weighted by molar-refractivity contribution is 6.12. The third-order valence-electron chi connectivity index (χ3n) is 7.44. The molecule has 0 heteroatoms. The molecule has 0 heterocycles. The van der Waals surface area contributed by atoms with E-state index in [0.717, 1.165) is 6.42 Å². The van der Waals surface area contributed by atoms with E-state index >= 15 is 0 Å². The molecule has 5 aromatic rings. The predicted molar refractivity (Wildman–Crippen MR) is 143 cm³/mol. The van der Waals surface area contributed by atoms with Gasteiger partial charge in [-0.15, -0.1) is 0 Å². The summed E-state index contributed by atoms with van der Waals surface area (Å²) in [6.45, 7) is 9.38. The maximum absolute atomic E-state index is 2.46. The Morgan fingerprint density at radius 3 is 1.85 bits per heavy atom. The topological polar surface area (TPSA) is 0 Å². The van der Waals surface area contributed by atoms with Crippen molar-refractivity contribution < 1.29 is 0 Å². The molecule has 0 bridgehead atoms. The number of hydrogen-bond donors (Lipinski definition) is 0. The molecule has 0 unspecified atom stereocenters. The maximum atomic E-state index is 2.46. The summed E-state index contributed by atoms with van der Waals surface area (Å²) in [4.78, 5) is 0. The second-order valence-corrected chi connectivity index (χ2v) is 10.6. The van der Waals surface area contributed by atoms with E-state index in [-0.39, 0.29) is 5.41 Å². The molecular formula is C33H30. The minimum Gasteiger partial charge on any atom is -0.0625 e. The van der Waals surface area contributed by atoms with Crippen LogP contribution in [0.4, 0.5) is 0 Å². The fourth-order valence-electron chi connectivity index (χ4n) is 5.86. The van der Waals surface area contributed by atoms with Crippen LogP contribution in [0.25, 0.3) is 43.8 Å². The van der Waals surface area contributed by atoms with Crippen LogP contribution < -0.4 is 0 Å². The van der Waals surface area contributed by atoms with E-state index in [1.165, 1.54) is 60.5 Å². The van der Waals surface area contributed by atoms with Crippen molar-refractivity contribution in [3.8, 4) is 22.3 Å². The lowest BCUT2D eigenvalue weighted by Crippen LogP contribution is -2.15. The second-order valence-electron chi connectivity index (χ2n) is 10.6. The quantitative estimate of drug-likeness (QED) is 0.252. The van der Waals surface area contributed by atoms with Gasteiger partial charge in [0.2, 0.25) is 0 Å². The highest BCUT2D eigenvalue weighted by Crippen LogP contribution is 2.50. The molecule has 1 aliphatic rings. The van der Waals surface area contributed by atoms with E-state index in [1.807, 2.05) is 0 Å². The van der Waals surface area contributed by atoms with Crippen molar-refractivity contribution in [2.24, 2.45) is 5.92 Å². The lowest BCUT2D eigenvalue weighted by Gasteiger charge is -2.23. The third-order valence-corrected chi connectivity index (χ3v) is 7.44. The van der Waals surface area contributed by atoms with Gasteiger partial charge < -0.3 is 0 Å². The van der Waals surface area contributed by atoms with Gasteiger partial charge in [-0.2, -0.15) is 0 Å². The first kappa shape index (κ1) is 20.2. The fraction of sp³-hybridized carbons (Fsp3) is 0.212. The predicted octanol–water partition coefficient (Wildman–Crippen LogP) is 9.16. The van der Waals surface area contributed by atoms with Crippen LogP contribution in [0.2, 0.25) is 0 Å². The molecule has 0 fully saturated rings. The Labute approximate surface area is 196 Å². The summed E-state index contributed by atoms with van der Waals surface area (Å²) >= 11 is 0. The van der Waals surface area contributed by atoms with Gasteiger partial charge in [-0.1, -0.05) is 107 Å². The maximum Gasteiger partial charge on any atom is 0.0159 e. The summed E-state index contributed by atoms with van der Waals surface area (Å²) in [6, 6.07) is 34.2. The van der Waals surface area contributed by atoms with Gasteiger partial charge in [0.25, 0.3) is 0 Å². The van der Waals surface area contributed by atoms with E-state index in [1.54, 1.807) is 0 Å². The first-order valence-corrected chi connectivity index (χ1v) is 12.1. The van der Waals surface area contributed by atoms with Crippen LogP contribution in [-0.4, -0.2) is 0 Å². The van der Waals surface area contributed by atoms with Crippen LogP contribution >= 0.6 is 0 Å². The summed E-state index contributed by atoms with van der Waals surface area (Å²) < 4.78 is 0. The van der Waals surface area contributed by atoms with Gasteiger partial charge in [-0.25, -0.2) is 0 Å². The number of benzene rings is 5. The molecular weight excluding hydrogens is 396 g/mol. The molecule has 0 saturated heterocycles. The second kappa shape index (κ2) is 7.32. The normalized spacial score (nSPS) is 14.1. The van der Waals surface area contributed by atoms with Gasteiger partial charge >= 0.3 is 0 Å². The van der Waals surface area contributed by atoms with Crippen LogP contribution in [0.3, 0.4) is 0 Å². The van der Waals surface area contributed by atoms with Crippen molar-refractivity contribution in [2.75, 3.05) is 0 Å². The molecule has 0 radical (unpaired) electrons. The summed E-state index contributed by atoms with van der Waals surface area (Å²) in [6.07, 6.45) is 1.13. The Morgan fingerprint density at radius 2 is 1.21 bits per heavy atom. The molecule has 162 valence electrons. The standard InChI is InChI=1S/C33H30/c1-21(2)17-22-13-15-28-29-16-14-25(20-31(29)33(3,4)30(28)18-22)32-26-11-7-5-9-23(26)19-24-10-6-8-12-27(24)32/h5-16,18-21H,17H2,1-4H3. The van der Waals surface area contributed by atoms with Crippen LogP contribution in [-0.2, 0) is 11.8 Å². The summed E-state index contributed by atoms with van der Waals surface area (Å²) in [5, 5.41) is 5.24. The Balaban J connectivity index is 1.58. The van der Waals surface area contributed by atoms with E-state index < -0.39 is 0 Å². The van der Waals surface area contributed by atoms with E-state index in [2.05, 4.69) is 119 Å². The Hall–Kier alpha value is -3.38. The van der Waals surface area contributed by atoms with Crippen molar-refractivity contribution in [2.45, 2.75) is 39.5 Å². The molecule has 5 aromatic carbocycles. The zero-order valence-corrected chi connectivity index (χ0v) is 19.9. The number of hydrogen-bond acceptors (Lipinski definition) is 0. The molecule has 0 saturated carbocycles. The molecule has 0 amide bonds. The number of fused-ring (bicyclic) bond motifs is 5. The molecule has 0 aliphatic heterocycles. The van der Waals surface area contributed by atoms with Crippen LogP contribution in [0.15, 0.2) is 91.0 Å². The van der Waals surface area contributed by atoms with Crippen LogP contribution in [0.1, 0.15) is 44.4 Å². The molecule has 0 nitrogen and oxygen atoms in total. The molecule has 6 rings (SSSR count). The summed E-state index contributed by atoms with van der Waals surface area (Å²) in [7, 11) is 0. The molecule has 0 atom stereocenters. The van der Waals surface area contributed by atoms with Crippen LogP contribution in [0.5, 0.6) is 0 Å². The van der Waals surface area contributed by atoms with Crippen molar-refractivity contribution in [3.05, 3.63) is 108 Å². The molecule has 0 spiro atoms. The van der Waals surface area contributed by atoms with Gasteiger partial charge in [0.15, 0.2) is 0 Å². The van der Waals surface area contributed by atoms with Crippen molar-refractivity contribution in [1.82, 2.24) is 0 Å². The smallest absolute Gasteiger partial charge is 0.0159 e. The Morgan fingerprint density at radius 1 is 0.636 bits per heavy atom. The van der Waals surface area contributed by atoms with Crippen molar-refractivity contribution in [1.29, 1.82) is 0 Å².